The number of carbonyl (C=O) groups excluding carboxylic acids is 1. The minimum Gasteiger partial charge on any atom is -0.295 e. The molecule has 2 nitrogen and oxygen atoms in total. The number of carbonyl (C=O) groups is 1. The summed E-state index contributed by atoms with van der Waals surface area (Å²) in [5, 5.41) is 0. The smallest absolute Gasteiger partial charge is 0.234 e. The normalized spacial score (nSPS) is 25.0. The van der Waals surface area contributed by atoms with Gasteiger partial charge in [-0.1, -0.05) is 30.9 Å². The zero-order chi connectivity index (χ0) is 8.81. The van der Waals surface area contributed by atoms with Gasteiger partial charge in [-0.3, -0.25) is 9.69 Å². The second kappa shape index (κ2) is 4.34. The van der Waals surface area contributed by atoms with Gasteiger partial charge in [0.15, 0.2) is 0 Å². The van der Waals surface area contributed by atoms with Gasteiger partial charge in [-0.15, -0.1) is 0 Å². The predicted octanol–water partition coefficient (Wildman–Crippen LogP) is 1.99. The van der Waals surface area contributed by atoms with Gasteiger partial charge >= 0.3 is 0 Å². The van der Waals surface area contributed by atoms with Gasteiger partial charge in [0, 0.05) is 18.8 Å². The molecule has 0 atom stereocenters. The fourth-order valence-electron chi connectivity index (χ4n) is 0.869. The third kappa shape index (κ3) is 2.23. The summed E-state index contributed by atoms with van der Waals surface area (Å²) in [5.41, 5.74) is 0. The Kier molecular flexibility index (Phi) is 3.08. The van der Waals surface area contributed by atoms with Crippen LogP contribution in [0.25, 0.3) is 0 Å². The summed E-state index contributed by atoms with van der Waals surface area (Å²) in [6, 6.07) is 0. The Labute approximate surface area is 72.2 Å². The monoisotopic (exact) mass is 161 g/mol. The van der Waals surface area contributed by atoms with E-state index >= 15 is 0 Å². The topological polar surface area (TPSA) is 20.3 Å². The van der Waals surface area contributed by atoms with E-state index < -0.39 is 0 Å². The second-order valence-electron chi connectivity index (χ2n) is 2.34. The average molecular weight is 161 g/mol. The molecule has 0 unspecified atom stereocenters. The second-order valence-corrected chi connectivity index (χ2v) is 2.34. The Morgan fingerprint density at radius 1 is 1.33 bits per heavy atom. The summed E-state index contributed by atoms with van der Waals surface area (Å²) in [6.07, 6.45) is 12.8. The Morgan fingerprint density at radius 3 is 2.83 bits per heavy atom. The highest BCUT2D eigenvalue weighted by Crippen LogP contribution is 2.00. The van der Waals surface area contributed by atoms with Gasteiger partial charge in [0.2, 0.25) is 5.91 Å². The van der Waals surface area contributed by atoms with E-state index in [9.17, 15) is 4.79 Å². The first-order chi connectivity index (χ1) is 5.84. The minimum absolute atomic E-state index is 0.0289. The summed E-state index contributed by atoms with van der Waals surface area (Å²) in [7, 11) is 0. The van der Waals surface area contributed by atoms with Crippen molar-refractivity contribution in [2.45, 2.75) is 6.42 Å². The molecule has 0 saturated heterocycles. The molecule has 0 aliphatic carbocycles. The average Bonchev–Trinajstić information content (AvgIpc) is 2.17. The molecular formula is C10H11NO. The Hall–Kier alpha value is -1.57. The molecular weight excluding hydrogens is 150 g/mol. The van der Waals surface area contributed by atoms with Gasteiger partial charge in [-0.05, 0) is 6.08 Å². The van der Waals surface area contributed by atoms with E-state index in [4.69, 9.17) is 0 Å². The zero-order valence-corrected chi connectivity index (χ0v) is 6.81. The summed E-state index contributed by atoms with van der Waals surface area (Å²) >= 11 is 0. The lowest BCUT2D eigenvalue weighted by Gasteiger charge is -2.10. The van der Waals surface area contributed by atoms with Gasteiger partial charge in [0.25, 0.3) is 0 Å². The van der Waals surface area contributed by atoms with E-state index in [1.54, 1.807) is 12.3 Å². The molecule has 0 radical (unpaired) electrons. The van der Waals surface area contributed by atoms with Gasteiger partial charge in [0.1, 0.15) is 0 Å². The number of hydrogen-bond donors (Lipinski definition) is 0. The van der Waals surface area contributed by atoms with Crippen molar-refractivity contribution in [2.75, 3.05) is 0 Å². The Morgan fingerprint density at radius 2 is 2.08 bits per heavy atom. The largest absolute Gasteiger partial charge is 0.295 e. The third-order valence-corrected chi connectivity index (χ3v) is 1.49. The lowest BCUT2D eigenvalue weighted by atomic mass is 10.3. The van der Waals surface area contributed by atoms with Crippen molar-refractivity contribution in [1.29, 1.82) is 0 Å². The standard InChI is InChI=1S/C10H11NO/c1-2-11-9-7-5-3-4-6-8-10(11)12/h2-7,9H,1,8H2/b5-3-,6-4-,9-7-. The van der Waals surface area contributed by atoms with Crippen molar-refractivity contribution in [3.05, 3.63) is 49.4 Å². The van der Waals surface area contributed by atoms with E-state index in [1.165, 1.54) is 11.1 Å². The maximum atomic E-state index is 11.3. The number of hydrogen-bond acceptors (Lipinski definition) is 1. The van der Waals surface area contributed by atoms with Crippen LogP contribution in [0.2, 0.25) is 0 Å². The van der Waals surface area contributed by atoms with Crippen LogP contribution >= 0.6 is 0 Å². The van der Waals surface area contributed by atoms with Crippen LogP contribution in [-0.4, -0.2) is 10.8 Å². The first-order valence-electron chi connectivity index (χ1n) is 3.78. The molecule has 12 heavy (non-hydrogen) atoms. The van der Waals surface area contributed by atoms with E-state index in [0.717, 1.165) is 0 Å². The van der Waals surface area contributed by atoms with Gasteiger partial charge in [-0.25, -0.2) is 0 Å². The molecule has 0 N–H and O–H groups in total. The summed E-state index contributed by atoms with van der Waals surface area (Å²) in [5.74, 6) is 0.0289. The van der Waals surface area contributed by atoms with Crippen molar-refractivity contribution >= 4 is 5.91 Å². The van der Waals surface area contributed by atoms with Crippen LogP contribution in [0.15, 0.2) is 49.4 Å². The maximum absolute atomic E-state index is 11.3. The third-order valence-electron chi connectivity index (χ3n) is 1.49. The molecule has 0 aromatic heterocycles. The number of allylic oxidation sites excluding steroid dienone is 4. The van der Waals surface area contributed by atoms with Crippen LogP contribution in [0.3, 0.4) is 0 Å². The first-order valence-corrected chi connectivity index (χ1v) is 3.78. The minimum atomic E-state index is 0.0289. The molecule has 1 amide bonds. The lowest BCUT2D eigenvalue weighted by molar-refractivity contribution is -0.125. The van der Waals surface area contributed by atoms with E-state index in [-0.39, 0.29) is 5.91 Å². The SMILES string of the molecule is C=CN1\C=C/C=C\C=C/CC1=O. The van der Waals surface area contributed by atoms with E-state index in [1.807, 2.05) is 24.3 Å². The number of rotatable bonds is 1. The summed E-state index contributed by atoms with van der Waals surface area (Å²) in [6.45, 7) is 3.54. The highest BCUT2D eigenvalue weighted by molar-refractivity contribution is 5.79. The molecule has 62 valence electrons. The van der Waals surface area contributed by atoms with Crippen LogP contribution in [-0.2, 0) is 4.79 Å². The molecule has 0 spiro atoms. The number of amides is 1. The van der Waals surface area contributed by atoms with Crippen molar-refractivity contribution in [3.63, 3.8) is 0 Å². The highest BCUT2D eigenvalue weighted by atomic mass is 16.2. The number of nitrogens with zero attached hydrogens (tertiary/aromatic N) is 1. The van der Waals surface area contributed by atoms with E-state index in [2.05, 4.69) is 6.58 Å². The highest BCUT2D eigenvalue weighted by Gasteiger charge is 2.03. The molecule has 0 saturated carbocycles. The quantitative estimate of drug-likeness (QED) is 0.576. The molecule has 1 heterocycles. The molecule has 0 fully saturated rings. The van der Waals surface area contributed by atoms with Crippen molar-refractivity contribution in [3.8, 4) is 0 Å². The fraction of sp³-hybridized carbons (Fsp3) is 0.100. The van der Waals surface area contributed by atoms with Crippen LogP contribution < -0.4 is 0 Å². The lowest BCUT2D eigenvalue weighted by Crippen LogP contribution is -2.17. The van der Waals surface area contributed by atoms with Gasteiger partial charge in [-0.2, -0.15) is 0 Å². The van der Waals surface area contributed by atoms with Crippen LogP contribution in [0, 0.1) is 0 Å². The van der Waals surface area contributed by atoms with Crippen LogP contribution in [0.5, 0.6) is 0 Å². The molecule has 0 aromatic carbocycles. The summed E-state index contributed by atoms with van der Waals surface area (Å²) < 4.78 is 0. The van der Waals surface area contributed by atoms with Gasteiger partial charge in [0.05, 0.1) is 0 Å². The van der Waals surface area contributed by atoms with Crippen molar-refractivity contribution in [2.24, 2.45) is 0 Å². The fourth-order valence-corrected chi connectivity index (χ4v) is 0.869. The first kappa shape index (κ1) is 8.53. The molecule has 1 aliphatic heterocycles. The molecule has 0 bridgehead atoms. The molecule has 1 rings (SSSR count). The zero-order valence-electron chi connectivity index (χ0n) is 6.81. The van der Waals surface area contributed by atoms with Crippen LogP contribution in [0.4, 0.5) is 0 Å². The summed E-state index contributed by atoms with van der Waals surface area (Å²) in [4.78, 5) is 12.7. The molecule has 0 aromatic rings. The Balaban J connectivity index is 2.80. The van der Waals surface area contributed by atoms with Crippen LogP contribution in [0.1, 0.15) is 6.42 Å². The Bertz CT molecular complexity index is 261. The van der Waals surface area contributed by atoms with Gasteiger partial charge < -0.3 is 0 Å². The maximum Gasteiger partial charge on any atom is 0.234 e. The predicted molar refractivity (Wildman–Crippen MR) is 49.1 cm³/mol. The molecule has 2 heteroatoms. The van der Waals surface area contributed by atoms with E-state index in [0.29, 0.717) is 6.42 Å². The van der Waals surface area contributed by atoms with Crippen molar-refractivity contribution in [1.82, 2.24) is 4.90 Å². The van der Waals surface area contributed by atoms with Crippen molar-refractivity contribution < 1.29 is 4.79 Å². The molecule has 1 aliphatic rings.